The van der Waals surface area contributed by atoms with Crippen LogP contribution < -0.4 is 4.65 Å². The monoisotopic (exact) mass is 255 g/mol. The zero-order valence-corrected chi connectivity index (χ0v) is 9.85. The molecule has 2 aromatic carbocycles. The second-order valence-electron chi connectivity index (χ2n) is 3.96. The third-order valence-electron chi connectivity index (χ3n) is 2.62. The van der Waals surface area contributed by atoms with E-state index in [1.807, 2.05) is 30.3 Å². The highest BCUT2D eigenvalue weighted by Gasteiger charge is 2.13. The molecule has 3 aromatic rings. The number of oxazole rings is 1. The van der Waals surface area contributed by atoms with Crippen molar-refractivity contribution in [2.45, 2.75) is 0 Å². The van der Waals surface area contributed by atoms with Gasteiger partial charge in [-0.3, -0.25) is 0 Å². The molecular formula is C13H10BNO4. The average molecular weight is 255 g/mol. The van der Waals surface area contributed by atoms with E-state index in [0.29, 0.717) is 22.7 Å². The van der Waals surface area contributed by atoms with Gasteiger partial charge < -0.3 is 19.1 Å². The zero-order chi connectivity index (χ0) is 13.2. The number of hydrogen-bond acceptors (Lipinski definition) is 5. The van der Waals surface area contributed by atoms with Crippen LogP contribution in [0.3, 0.4) is 0 Å². The van der Waals surface area contributed by atoms with Gasteiger partial charge in [-0.2, -0.15) is 0 Å². The van der Waals surface area contributed by atoms with Crippen molar-refractivity contribution in [3.05, 3.63) is 48.5 Å². The summed E-state index contributed by atoms with van der Waals surface area (Å²) >= 11 is 0. The van der Waals surface area contributed by atoms with Crippen LogP contribution in [-0.2, 0) is 0 Å². The Morgan fingerprint density at radius 3 is 2.58 bits per heavy atom. The van der Waals surface area contributed by atoms with Crippen molar-refractivity contribution in [1.82, 2.24) is 4.98 Å². The van der Waals surface area contributed by atoms with Gasteiger partial charge in [-0.25, -0.2) is 4.98 Å². The predicted octanol–water partition coefficient (Wildman–Crippen LogP) is 1.84. The fourth-order valence-corrected chi connectivity index (χ4v) is 1.80. The van der Waals surface area contributed by atoms with Gasteiger partial charge in [0, 0.05) is 11.6 Å². The molecule has 0 aliphatic rings. The van der Waals surface area contributed by atoms with Gasteiger partial charge in [0.15, 0.2) is 5.58 Å². The van der Waals surface area contributed by atoms with E-state index in [-0.39, 0.29) is 0 Å². The molecular weight excluding hydrogens is 245 g/mol. The van der Waals surface area contributed by atoms with Crippen molar-refractivity contribution in [2.24, 2.45) is 0 Å². The van der Waals surface area contributed by atoms with E-state index in [4.69, 9.17) is 19.1 Å². The van der Waals surface area contributed by atoms with Crippen LogP contribution in [0, 0.1) is 0 Å². The summed E-state index contributed by atoms with van der Waals surface area (Å²) in [4.78, 5) is 4.36. The molecule has 0 atom stereocenters. The van der Waals surface area contributed by atoms with Crippen molar-refractivity contribution < 1.29 is 19.1 Å². The first-order valence-corrected chi connectivity index (χ1v) is 5.71. The second kappa shape index (κ2) is 4.76. The highest BCUT2D eigenvalue weighted by Crippen LogP contribution is 2.26. The Kier molecular flexibility index (Phi) is 2.95. The van der Waals surface area contributed by atoms with Gasteiger partial charge in [0.1, 0.15) is 11.3 Å². The zero-order valence-electron chi connectivity index (χ0n) is 9.85. The molecule has 1 aromatic heterocycles. The Bertz CT molecular complexity index is 696. The van der Waals surface area contributed by atoms with Gasteiger partial charge in [-0.15, -0.1) is 0 Å². The molecule has 0 saturated heterocycles. The van der Waals surface area contributed by atoms with Gasteiger partial charge in [-0.1, -0.05) is 18.2 Å². The van der Waals surface area contributed by atoms with E-state index >= 15 is 0 Å². The maximum absolute atomic E-state index is 8.75. The second-order valence-corrected chi connectivity index (χ2v) is 3.96. The minimum Gasteiger partial charge on any atom is -0.512 e. The summed E-state index contributed by atoms with van der Waals surface area (Å²) in [5.74, 6) is 0.815. The molecule has 94 valence electrons. The molecule has 0 fully saturated rings. The minimum atomic E-state index is -1.85. The quantitative estimate of drug-likeness (QED) is 0.698. The maximum Gasteiger partial charge on any atom is 0.707 e. The lowest BCUT2D eigenvalue weighted by Gasteiger charge is -2.02. The lowest BCUT2D eigenvalue weighted by molar-refractivity contribution is 0.288. The number of fused-ring (bicyclic) bond motifs is 1. The summed E-state index contributed by atoms with van der Waals surface area (Å²) in [6.45, 7) is 0. The molecule has 0 aliphatic heterocycles. The molecule has 6 heteroatoms. The summed E-state index contributed by atoms with van der Waals surface area (Å²) < 4.78 is 10.4. The Morgan fingerprint density at radius 2 is 1.84 bits per heavy atom. The Morgan fingerprint density at radius 1 is 1.05 bits per heavy atom. The third kappa shape index (κ3) is 2.45. The van der Waals surface area contributed by atoms with E-state index in [9.17, 15) is 0 Å². The highest BCUT2D eigenvalue weighted by molar-refractivity contribution is 6.33. The number of benzene rings is 2. The standard InChI is InChI=1S/C13H10BNO4/c16-14(17)19-10-6-7-11-12(8-10)18-13(15-11)9-4-2-1-3-5-9/h1-8,16-17H. The van der Waals surface area contributed by atoms with Crippen LogP contribution in [0.25, 0.3) is 22.6 Å². The first kappa shape index (κ1) is 11.8. The first-order chi connectivity index (χ1) is 9.22. The summed E-state index contributed by atoms with van der Waals surface area (Å²) in [6.07, 6.45) is 0. The van der Waals surface area contributed by atoms with E-state index < -0.39 is 7.32 Å². The van der Waals surface area contributed by atoms with Crippen LogP contribution in [0.4, 0.5) is 0 Å². The van der Waals surface area contributed by atoms with Crippen LogP contribution in [0.5, 0.6) is 5.75 Å². The largest absolute Gasteiger partial charge is 0.707 e. The lowest BCUT2D eigenvalue weighted by Crippen LogP contribution is -2.20. The van der Waals surface area contributed by atoms with Gasteiger partial charge >= 0.3 is 7.32 Å². The number of nitrogens with zero attached hydrogens (tertiary/aromatic N) is 1. The smallest absolute Gasteiger partial charge is 0.512 e. The maximum atomic E-state index is 8.75. The van der Waals surface area contributed by atoms with Crippen LogP contribution in [0.1, 0.15) is 0 Å². The molecule has 0 spiro atoms. The number of aromatic nitrogens is 1. The van der Waals surface area contributed by atoms with Gasteiger partial charge in [0.05, 0.1) is 0 Å². The van der Waals surface area contributed by atoms with Crippen molar-refractivity contribution in [2.75, 3.05) is 0 Å². The van der Waals surface area contributed by atoms with Crippen LogP contribution >= 0.6 is 0 Å². The van der Waals surface area contributed by atoms with Crippen molar-refractivity contribution in [1.29, 1.82) is 0 Å². The molecule has 0 radical (unpaired) electrons. The molecule has 3 rings (SSSR count). The predicted molar refractivity (Wildman–Crippen MR) is 70.3 cm³/mol. The average Bonchev–Trinajstić information content (AvgIpc) is 2.82. The van der Waals surface area contributed by atoms with Crippen LogP contribution in [0.15, 0.2) is 52.9 Å². The minimum absolute atomic E-state index is 0.304. The van der Waals surface area contributed by atoms with Gasteiger partial charge in [0.2, 0.25) is 5.89 Å². The number of hydrogen-bond donors (Lipinski definition) is 2. The van der Waals surface area contributed by atoms with Crippen LogP contribution in [-0.4, -0.2) is 22.4 Å². The van der Waals surface area contributed by atoms with E-state index in [1.54, 1.807) is 18.2 Å². The molecule has 0 bridgehead atoms. The molecule has 19 heavy (non-hydrogen) atoms. The lowest BCUT2D eigenvalue weighted by atomic mass is 10.2. The summed E-state index contributed by atoms with van der Waals surface area (Å²) in [6, 6.07) is 14.4. The van der Waals surface area contributed by atoms with Crippen molar-refractivity contribution in [3.8, 4) is 17.2 Å². The van der Waals surface area contributed by atoms with Crippen LogP contribution in [0.2, 0.25) is 0 Å². The van der Waals surface area contributed by atoms with E-state index in [1.165, 1.54) is 0 Å². The van der Waals surface area contributed by atoms with Gasteiger partial charge in [0.25, 0.3) is 0 Å². The molecule has 0 saturated carbocycles. The summed E-state index contributed by atoms with van der Waals surface area (Å²) in [7, 11) is -1.85. The molecule has 0 aliphatic carbocycles. The molecule has 2 N–H and O–H groups in total. The highest BCUT2D eigenvalue weighted by atomic mass is 16.6. The summed E-state index contributed by atoms with van der Waals surface area (Å²) in [5.41, 5.74) is 2.08. The van der Waals surface area contributed by atoms with E-state index in [2.05, 4.69) is 4.98 Å². The normalized spacial score (nSPS) is 10.6. The fraction of sp³-hybridized carbons (Fsp3) is 0. The topological polar surface area (TPSA) is 75.7 Å². The Labute approximate surface area is 109 Å². The summed E-state index contributed by atoms with van der Waals surface area (Å²) in [5, 5.41) is 17.5. The van der Waals surface area contributed by atoms with Crippen molar-refractivity contribution in [3.63, 3.8) is 0 Å². The van der Waals surface area contributed by atoms with Crippen molar-refractivity contribution >= 4 is 18.4 Å². The van der Waals surface area contributed by atoms with Gasteiger partial charge in [-0.05, 0) is 24.3 Å². The number of rotatable bonds is 3. The third-order valence-corrected chi connectivity index (χ3v) is 2.62. The Balaban J connectivity index is 2.01. The molecule has 0 amide bonds. The Hall–Kier alpha value is -2.31. The molecule has 5 nitrogen and oxygen atoms in total. The first-order valence-electron chi connectivity index (χ1n) is 5.71. The molecule has 0 unspecified atom stereocenters. The molecule has 1 heterocycles. The van der Waals surface area contributed by atoms with E-state index in [0.717, 1.165) is 5.56 Å². The fourth-order valence-electron chi connectivity index (χ4n) is 1.80. The SMILES string of the molecule is OB(O)Oc1ccc2nc(-c3ccccc3)oc2c1.